The molecule has 3 aromatic rings. The molecule has 0 aliphatic carbocycles. The zero-order chi connectivity index (χ0) is 16.1. The molecular formula is C18H17NO4. The summed E-state index contributed by atoms with van der Waals surface area (Å²) in [6, 6.07) is 15.1. The van der Waals surface area contributed by atoms with Gasteiger partial charge in [-0.25, -0.2) is 0 Å². The molecule has 23 heavy (non-hydrogen) atoms. The van der Waals surface area contributed by atoms with Gasteiger partial charge in [0.1, 0.15) is 29.4 Å². The Labute approximate surface area is 134 Å². The van der Waals surface area contributed by atoms with Gasteiger partial charge in [-0.15, -0.1) is 0 Å². The monoisotopic (exact) mass is 311 g/mol. The van der Waals surface area contributed by atoms with Crippen LogP contribution in [-0.2, 0) is 6.61 Å². The van der Waals surface area contributed by atoms with Crippen LogP contribution in [0, 0.1) is 0 Å². The van der Waals surface area contributed by atoms with E-state index in [0.717, 1.165) is 16.9 Å². The molecule has 0 unspecified atom stereocenters. The maximum absolute atomic E-state index is 5.95. The number of aromatic nitrogens is 1. The van der Waals surface area contributed by atoms with E-state index in [-0.39, 0.29) is 0 Å². The largest absolute Gasteiger partial charge is 0.497 e. The van der Waals surface area contributed by atoms with Crippen LogP contribution in [0.15, 0.2) is 59.3 Å². The maximum Gasteiger partial charge on any atom is 0.174 e. The lowest BCUT2D eigenvalue weighted by atomic mass is 10.1. The Kier molecular flexibility index (Phi) is 4.47. The molecule has 1 heterocycles. The van der Waals surface area contributed by atoms with Crippen LogP contribution in [0.5, 0.6) is 17.2 Å². The number of rotatable bonds is 6. The zero-order valence-electron chi connectivity index (χ0n) is 13.0. The minimum atomic E-state index is 0.429. The minimum Gasteiger partial charge on any atom is -0.497 e. The van der Waals surface area contributed by atoms with Crippen molar-refractivity contribution in [3.63, 3.8) is 0 Å². The fourth-order valence-electron chi connectivity index (χ4n) is 2.27. The van der Waals surface area contributed by atoms with E-state index in [4.69, 9.17) is 18.7 Å². The predicted molar refractivity (Wildman–Crippen MR) is 85.8 cm³/mol. The molecule has 0 saturated carbocycles. The van der Waals surface area contributed by atoms with Crippen molar-refractivity contribution in [3.8, 4) is 28.6 Å². The third-order valence-corrected chi connectivity index (χ3v) is 3.45. The third kappa shape index (κ3) is 3.29. The Morgan fingerprint density at radius 1 is 0.913 bits per heavy atom. The van der Waals surface area contributed by atoms with Gasteiger partial charge in [-0.2, -0.15) is 0 Å². The van der Waals surface area contributed by atoms with Crippen LogP contribution in [0.4, 0.5) is 0 Å². The normalized spacial score (nSPS) is 10.3. The van der Waals surface area contributed by atoms with Crippen molar-refractivity contribution in [1.82, 2.24) is 5.16 Å². The average molecular weight is 311 g/mol. The second-order valence-electron chi connectivity index (χ2n) is 4.85. The molecule has 0 amide bonds. The molecule has 0 aliphatic heterocycles. The van der Waals surface area contributed by atoms with E-state index in [1.54, 1.807) is 26.5 Å². The van der Waals surface area contributed by atoms with Gasteiger partial charge in [0.05, 0.1) is 20.4 Å². The number of ether oxygens (including phenoxy) is 3. The Hall–Kier alpha value is -2.95. The lowest BCUT2D eigenvalue weighted by molar-refractivity contribution is 0.303. The van der Waals surface area contributed by atoms with Gasteiger partial charge in [-0.05, 0) is 29.8 Å². The van der Waals surface area contributed by atoms with Gasteiger partial charge in [0.25, 0.3) is 0 Å². The first-order chi connectivity index (χ1) is 11.3. The average Bonchev–Trinajstić information content (AvgIpc) is 3.14. The van der Waals surface area contributed by atoms with E-state index < -0.39 is 0 Å². The second-order valence-corrected chi connectivity index (χ2v) is 4.85. The van der Waals surface area contributed by atoms with Crippen LogP contribution in [0.2, 0.25) is 0 Å². The summed E-state index contributed by atoms with van der Waals surface area (Å²) in [6.07, 6.45) is 1.59. The summed E-state index contributed by atoms with van der Waals surface area (Å²) in [5.41, 5.74) is 1.79. The summed E-state index contributed by atoms with van der Waals surface area (Å²) < 4.78 is 21.8. The first kappa shape index (κ1) is 15.0. The van der Waals surface area contributed by atoms with E-state index in [1.807, 2.05) is 42.5 Å². The quantitative estimate of drug-likeness (QED) is 0.690. The van der Waals surface area contributed by atoms with E-state index in [9.17, 15) is 0 Å². The van der Waals surface area contributed by atoms with Crippen LogP contribution in [-0.4, -0.2) is 19.4 Å². The summed E-state index contributed by atoms with van der Waals surface area (Å²) >= 11 is 0. The summed E-state index contributed by atoms with van der Waals surface area (Å²) in [6.45, 7) is 0.429. The SMILES string of the molecule is COc1ccc(COc2cccc(OC)c2-c2ccno2)cc1. The minimum absolute atomic E-state index is 0.429. The molecule has 0 fully saturated rings. The van der Waals surface area contributed by atoms with E-state index in [1.165, 1.54) is 0 Å². The molecule has 3 rings (SSSR count). The van der Waals surface area contributed by atoms with Crippen LogP contribution < -0.4 is 14.2 Å². The molecule has 0 N–H and O–H groups in total. The molecule has 0 aliphatic rings. The van der Waals surface area contributed by atoms with Gasteiger partial charge in [0.2, 0.25) is 0 Å². The summed E-state index contributed by atoms with van der Waals surface area (Å²) in [5.74, 6) is 2.77. The molecule has 5 heteroatoms. The number of hydrogen-bond donors (Lipinski definition) is 0. The van der Waals surface area contributed by atoms with Crippen molar-refractivity contribution < 1.29 is 18.7 Å². The van der Waals surface area contributed by atoms with E-state index in [2.05, 4.69) is 5.16 Å². The number of benzene rings is 2. The smallest absolute Gasteiger partial charge is 0.174 e. The van der Waals surface area contributed by atoms with Crippen LogP contribution >= 0.6 is 0 Å². The van der Waals surface area contributed by atoms with Crippen molar-refractivity contribution in [3.05, 3.63) is 60.3 Å². The van der Waals surface area contributed by atoms with Crippen molar-refractivity contribution in [2.75, 3.05) is 14.2 Å². The molecule has 1 aromatic heterocycles. The highest BCUT2D eigenvalue weighted by molar-refractivity contribution is 5.72. The molecule has 2 aromatic carbocycles. The van der Waals surface area contributed by atoms with Gasteiger partial charge in [-0.1, -0.05) is 23.4 Å². The predicted octanol–water partition coefficient (Wildman–Crippen LogP) is 3.94. The Morgan fingerprint density at radius 3 is 2.35 bits per heavy atom. The van der Waals surface area contributed by atoms with Crippen molar-refractivity contribution in [2.24, 2.45) is 0 Å². The Balaban J connectivity index is 1.84. The Bertz CT molecular complexity index is 751. The first-order valence-corrected chi connectivity index (χ1v) is 7.15. The lowest BCUT2D eigenvalue weighted by Crippen LogP contribution is -1.98. The molecule has 0 spiro atoms. The molecule has 0 bridgehead atoms. The summed E-state index contributed by atoms with van der Waals surface area (Å²) in [5, 5.41) is 3.75. The lowest BCUT2D eigenvalue weighted by Gasteiger charge is -2.13. The molecule has 118 valence electrons. The highest BCUT2D eigenvalue weighted by Gasteiger charge is 2.16. The zero-order valence-corrected chi connectivity index (χ0v) is 13.0. The van der Waals surface area contributed by atoms with Gasteiger partial charge in [0, 0.05) is 6.07 Å². The summed E-state index contributed by atoms with van der Waals surface area (Å²) in [7, 11) is 3.26. The highest BCUT2D eigenvalue weighted by atomic mass is 16.5. The molecular weight excluding hydrogens is 294 g/mol. The number of hydrogen-bond acceptors (Lipinski definition) is 5. The fraction of sp³-hybridized carbons (Fsp3) is 0.167. The first-order valence-electron chi connectivity index (χ1n) is 7.15. The fourth-order valence-corrected chi connectivity index (χ4v) is 2.27. The van der Waals surface area contributed by atoms with Gasteiger partial charge < -0.3 is 18.7 Å². The van der Waals surface area contributed by atoms with E-state index >= 15 is 0 Å². The number of nitrogens with zero attached hydrogens (tertiary/aromatic N) is 1. The van der Waals surface area contributed by atoms with Crippen molar-refractivity contribution in [2.45, 2.75) is 6.61 Å². The van der Waals surface area contributed by atoms with Crippen molar-refractivity contribution >= 4 is 0 Å². The van der Waals surface area contributed by atoms with Gasteiger partial charge >= 0.3 is 0 Å². The molecule has 5 nitrogen and oxygen atoms in total. The maximum atomic E-state index is 5.95. The second kappa shape index (κ2) is 6.87. The van der Waals surface area contributed by atoms with Gasteiger partial charge in [0.15, 0.2) is 5.76 Å². The third-order valence-electron chi connectivity index (χ3n) is 3.45. The molecule has 0 radical (unpaired) electrons. The van der Waals surface area contributed by atoms with E-state index in [0.29, 0.717) is 23.9 Å². The standard InChI is InChI=1S/C18H17NO4/c1-20-14-8-6-13(7-9-14)12-22-16-5-3-4-15(21-2)18(16)17-10-11-19-23-17/h3-11H,12H2,1-2H3. The molecule has 0 saturated heterocycles. The van der Waals surface area contributed by atoms with Crippen LogP contribution in [0.1, 0.15) is 5.56 Å². The van der Waals surface area contributed by atoms with Gasteiger partial charge in [-0.3, -0.25) is 0 Å². The van der Waals surface area contributed by atoms with Crippen LogP contribution in [0.3, 0.4) is 0 Å². The molecule has 0 atom stereocenters. The van der Waals surface area contributed by atoms with Crippen molar-refractivity contribution in [1.29, 1.82) is 0 Å². The number of methoxy groups -OCH3 is 2. The highest BCUT2D eigenvalue weighted by Crippen LogP contribution is 2.38. The topological polar surface area (TPSA) is 53.7 Å². The van der Waals surface area contributed by atoms with Crippen LogP contribution in [0.25, 0.3) is 11.3 Å². The Morgan fingerprint density at radius 2 is 1.70 bits per heavy atom. The summed E-state index contributed by atoms with van der Waals surface area (Å²) in [4.78, 5) is 0.